The van der Waals surface area contributed by atoms with Crippen LogP contribution in [0.2, 0.25) is 0 Å². The van der Waals surface area contributed by atoms with Gasteiger partial charge in [0.05, 0.1) is 6.10 Å². The average Bonchev–Trinajstić information content (AvgIpc) is 3.86. The molecule has 6 saturated carbocycles. The maximum absolute atomic E-state index is 12.3. The van der Waals surface area contributed by atoms with Crippen LogP contribution < -0.4 is 0 Å². The lowest BCUT2D eigenvalue weighted by atomic mass is 9.47. The van der Waals surface area contributed by atoms with Gasteiger partial charge >= 0.3 is 11.9 Å². The second kappa shape index (κ2) is 25.6. The molecule has 6 fully saturated rings. The standard InChI is InChI=1S/C33H54O2.C27H46O.C6H10O2/c1-7-8-9-13-31(34)35-26-18-20-32(5)25(22-26)14-15-27-29-17-16-28(24(4)12-10-11-23(2)3)33(29,6)21-19-30(27)32;1-18(2)7-6-8-19(3)23-11-12-24-22-10-9-20-17-21(28)13-15-26(20,4)25(22)14-16-27(23,24)5;1-2-3-4-5-6(7)8/h7,14,23-24,26-30H,1,8-13,15-22H2,2-6H3;9,18-19,21-25,28H,6-8,10-17H2,1-5H3;2H,1,3-5H2,(H,7,8)/t24-,26+,27+,28-,29+,30+,32+,33-;19-,21+,22+,23-,24+,25+,26+,27-;/m11./s1. The number of aliphatic hydroxyl groups excluding tert-OH is 1. The second-order valence-corrected chi connectivity index (χ2v) is 27.6. The van der Waals surface area contributed by atoms with Crippen LogP contribution in [0, 0.1) is 92.7 Å². The minimum absolute atomic E-state index is 0.0114. The molecular formula is C66H110O5. The Morgan fingerprint density at radius 3 is 1.54 bits per heavy atom. The van der Waals surface area contributed by atoms with Crippen molar-refractivity contribution in [1.29, 1.82) is 0 Å². The van der Waals surface area contributed by atoms with Crippen molar-refractivity contribution < 1.29 is 24.5 Å². The van der Waals surface area contributed by atoms with E-state index in [9.17, 15) is 14.7 Å². The highest BCUT2D eigenvalue weighted by Crippen LogP contribution is 2.69. The van der Waals surface area contributed by atoms with Gasteiger partial charge in [0.15, 0.2) is 0 Å². The van der Waals surface area contributed by atoms with Gasteiger partial charge in [0.2, 0.25) is 0 Å². The van der Waals surface area contributed by atoms with Crippen LogP contribution in [0.15, 0.2) is 48.6 Å². The number of carbonyl (C=O) groups is 2. The van der Waals surface area contributed by atoms with E-state index in [0.717, 1.165) is 116 Å². The van der Waals surface area contributed by atoms with E-state index in [2.05, 4.69) is 94.5 Å². The van der Waals surface area contributed by atoms with Gasteiger partial charge in [-0.3, -0.25) is 9.59 Å². The van der Waals surface area contributed by atoms with Crippen LogP contribution in [-0.4, -0.2) is 34.4 Å². The quantitative estimate of drug-likeness (QED) is 0.0765. The SMILES string of the molecule is C=CCCCC(=O)O.C=CCCCC(=O)O[C@H]1CC[C@@]2(C)C(=CC[C@H]3[C@@H]4CC[C@H]([C@H](C)CCCC(C)C)[C@@]4(C)CC[C@@H]32)C1.CC(C)CCC[C@@H](C)[C@H]1CC[C@H]2[C@@H]3CC=C4C[C@@H](O)CC[C@]4(C)[C@H]3CC[C@]12C. The van der Waals surface area contributed by atoms with Gasteiger partial charge in [-0.2, -0.15) is 0 Å². The van der Waals surface area contributed by atoms with Gasteiger partial charge in [-0.15, -0.1) is 13.2 Å². The van der Waals surface area contributed by atoms with Gasteiger partial charge in [-0.25, -0.2) is 0 Å². The number of allylic oxidation sites excluding steroid dienone is 4. The molecule has 0 unspecified atom stereocenters. The van der Waals surface area contributed by atoms with Crippen LogP contribution in [0.1, 0.15) is 249 Å². The summed E-state index contributed by atoms with van der Waals surface area (Å²) in [6.45, 7) is 32.4. The summed E-state index contributed by atoms with van der Waals surface area (Å²) in [5, 5.41) is 18.3. The van der Waals surface area contributed by atoms with E-state index in [1.54, 1.807) is 17.2 Å². The normalized spacial score (nSPS) is 38.7. The van der Waals surface area contributed by atoms with Crippen molar-refractivity contribution in [3.8, 4) is 0 Å². The lowest BCUT2D eigenvalue weighted by molar-refractivity contribution is -0.151. The molecule has 0 aromatic heterocycles. The van der Waals surface area contributed by atoms with Crippen molar-refractivity contribution in [2.75, 3.05) is 0 Å². The molecule has 71 heavy (non-hydrogen) atoms. The minimum Gasteiger partial charge on any atom is -0.481 e. The summed E-state index contributed by atoms with van der Waals surface area (Å²) in [6, 6.07) is 0. The van der Waals surface area contributed by atoms with Crippen LogP contribution in [0.5, 0.6) is 0 Å². The number of rotatable bonds is 19. The molecule has 0 saturated heterocycles. The molecule has 16 atom stereocenters. The fraction of sp³-hybridized carbons (Fsp3) is 0.848. The first-order chi connectivity index (χ1) is 33.7. The molecule has 0 spiro atoms. The highest BCUT2D eigenvalue weighted by molar-refractivity contribution is 5.69. The third-order valence-corrected chi connectivity index (χ3v) is 22.4. The number of carboxylic acids is 1. The summed E-state index contributed by atoms with van der Waals surface area (Å²) >= 11 is 0. The smallest absolute Gasteiger partial charge is 0.306 e. The van der Waals surface area contributed by atoms with Crippen molar-refractivity contribution in [3.05, 3.63) is 48.6 Å². The summed E-state index contributed by atoms with van der Waals surface area (Å²) in [5.74, 6) is 9.97. The number of fused-ring (bicyclic) bond motifs is 10. The zero-order chi connectivity index (χ0) is 51.7. The van der Waals surface area contributed by atoms with Gasteiger partial charge < -0.3 is 14.9 Å². The van der Waals surface area contributed by atoms with Gasteiger partial charge in [-0.05, 0) is 215 Å². The number of hydrogen-bond donors (Lipinski definition) is 2. The topological polar surface area (TPSA) is 83.8 Å². The summed E-state index contributed by atoms with van der Waals surface area (Å²) in [5.41, 5.74) is 5.11. The van der Waals surface area contributed by atoms with Crippen molar-refractivity contribution in [3.63, 3.8) is 0 Å². The number of unbranched alkanes of at least 4 members (excludes halogenated alkanes) is 2. The van der Waals surface area contributed by atoms with Gasteiger partial charge in [-0.1, -0.05) is 143 Å². The van der Waals surface area contributed by atoms with Crippen LogP contribution in [0.25, 0.3) is 0 Å². The Labute approximate surface area is 437 Å². The number of hydrogen-bond acceptors (Lipinski definition) is 4. The number of carbonyl (C=O) groups excluding carboxylic acids is 1. The minimum atomic E-state index is -0.730. The monoisotopic (exact) mass is 983 g/mol. The summed E-state index contributed by atoms with van der Waals surface area (Å²) in [6.07, 6.45) is 42.0. The van der Waals surface area contributed by atoms with E-state index in [1.165, 1.54) is 116 Å². The number of aliphatic carboxylic acids is 1. The first-order valence-electron chi connectivity index (χ1n) is 30.4. The summed E-state index contributed by atoms with van der Waals surface area (Å²) < 4.78 is 5.93. The van der Waals surface area contributed by atoms with Crippen LogP contribution in [0.4, 0.5) is 0 Å². The fourth-order valence-corrected chi connectivity index (χ4v) is 18.5. The maximum atomic E-state index is 12.3. The Morgan fingerprint density at radius 2 is 1.07 bits per heavy atom. The third kappa shape index (κ3) is 13.5. The molecule has 8 aliphatic carbocycles. The molecule has 0 radical (unpaired) electrons. The fourth-order valence-electron chi connectivity index (χ4n) is 18.5. The van der Waals surface area contributed by atoms with Crippen LogP contribution in [-0.2, 0) is 14.3 Å². The molecule has 5 heteroatoms. The van der Waals surface area contributed by atoms with E-state index < -0.39 is 5.97 Å². The largest absolute Gasteiger partial charge is 0.481 e. The van der Waals surface area contributed by atoms with Crippen LogP contribution >= 0.6 is 0 Å². The molecular weight excluding hydrogens is 873 g/mol. The molecule has 0 aromatic carbocycles. The van der Waals surface area contributed by atoms with Crippen molar-refractivity contribution in [1.82, 2.24) is 0 Å². The predicted octanol–water partition coefficient (Wildman–Crippen LogP) is 18.1. The molecule has 8 rings (SSSR count). The second-order valence-electron chi connectivity index (χ2n) is 27.6. The van der Waals surface area contributed by atoms with E-state index >= 15 is 0 Å². The van der Waals surface area contributed by atoms with Gasteiger partial charge in [0.1, 0.15) is 6.10 Å². The van der Waals surface area contributed by atoms with E-state index in [-0.39, 0.29) is 24.6 Å². The third-order valence-electron chi connectivity index (χ3n) is 22.4. The molecule has 2 N–H and O–H groups in total. The lowest BCUT2D eigenvalue weighted by Gasteiger charge is -2.58. The maximum Gasteiger partial charge on any atom is 0.306 e. The molecule has 5 nitrogen and oxygen atoms in total. The molecule has 404 valence electrons. The lowest BCUT2D eigenvalue weighted by Crippen LogP contribution is -2.51. The van der Waals surface area contributed by atoms with E-state index in [4.69, 9.17) is 9.84 Å². The number of carboxylic acid groups (broad SMARTS) is 1. The van der Waals surface area contributed by atoms with Crippen molar-refractivity contribution >= 4 is 11.9 Å². The first kappa shape index (κ1) is 58.1. The van der Waals surface area contributed by atoms with Crippen molar-refractivity contribution in [2.24, 2.45) is 92.7 Å². The highest BCUT2D eigenvalue weighted by Gasteiger charge is 2.61. The molecule has 0 heterocycles. The zero-order valence-electron chi connectivity index (χ0n) is 47.7. The Bertz CT molecular complexity index is 1810. The average molecular weight is 984 g/mol. The first-order valence-corrected chi connectivity index (χ1v) is 30.4. The van der Waals surface area contributed by atoms with Gasteiger partial charge in [0.25, 0.3) is 0 Å². The predicted molar refractivity (Wildman–Crippen MR) is 298 cm³/mol. The number of ether oxygens (including phenoxy) is 1. The van der Waals surface area contributed by atoms with Crippen molar-refractivity contribution in [2.45, 2.75) is 261 Å². The summed E-state index contributed by atoms with van der Waals surface area (Å²) in [7, 11) is 0. The molecule has 0 aliphatic heterocycles. The Morgan fingerprint density at radius 1 is 0.606 bits per heavy atom. The molecule has 0 bridgehead atoms. The summed E-state index contributed by atoms with van der Waals surface area (Å²) in [4.78, 5) is 22.2. The molecule has 0 amide bonds. The highest BCUT2D eigenvalue weighted by atomic mass is 16.5. The van der Waals surface area contributed by atoms with E-state index in [1.807, 2.05) is 6.08 Å². The molecule has 0 aromatic rings. The Balaban J connectivity index is 0.000000205. The van der Waals surface area contributed by atoms with Crippen LogP contribution in [0.3, 0.4) is 0 Å². The zero-order valence-corrected chi connectivity index (χ0v) is 47.7. The Kier molecular flexibility index (Phi) is 21.0. The molecule has 8 aliphatic rings. The number of esters is 1. The van der Waals surface area contributed by atoms with Gasteiger partial charge in [0, 0.05) is 19.3 Å². The number of aliphatic hydroxyl groups is 1. The Hall–Kier alpha value is -2.14. The van der Waals surface area contributed by atoms with E-state index in [0.29, 0.717) is 34.5 Å².